The van der Waals surface area contributed by atoms with Crippen LogP contribution in [0.5, 0.6) is 0 Å². The fourth-order valence-corrected chi connectivity index (χ4v) is 2.63. The summed E-state index contributed by atoms with van der Waals surface area (Å²) in [7, 11) is 0. The maximum absolute atomic E-state index is 12.9. The van der Waals surface area contributed by atoms with E-state index in [1.54, 1.807) is 0 Å². The van der Waals surface area contributed by atoms with Gasteiger partial charge in [-0.2, -0.15) is 0 Å². The number of hydrogen-bond donors (Lipinski definition) is 1. The quantitative estimate of drug-likeness (QED) is 0.842. The summed E-state index contributed by atoms with van der Waals surface area (Å²) in [5, 5.41) is 3.49. The molecule has 0 spiro atoms. The average molecular weight is 289 g/mol. The van der Waals surface area contributed by atoms with Gasteiger partial charge < -0.3 is 9.73 Å². The Kier molecular flexibility index (Phi) is 4.84. The lowest BCUT2D eigenvalue weighted by atomic mass is 9.83. The highest BCUT2D eigenvalue weighted by molar-refractivity contribution is 5.17. The van der Waals surface area contributed by atoms with E-state index in [4.69, 9.17) is 4.42 Å². The van der Waals surface area contributed by atoms with Crippen molar-refractivity contribution in [1.29, 1.82) is 0 Å². The van der Waals surface area contributed by atoms with E-state index in [0.29, 0.717) is 6.04 Å². The van der Waals surface area contributed by atoms with Gasteiger partial charge in [0.2, 0.25) is 0 Å². The second kappa shape index (κ2) is 6.44. The Hall–Kier alpha value is -1.61. The highest BCUT2D eigenvalue weighted by Gasteiger charge is 2.26. The molecule has 21 heavy (non-hydrogen) atoms. The van der Waals surface area contributed by atoms with Gasteiger partial charge >= 0.3 is 0 Å². The first-order chi connectivity index (χ1) is 9.87. The number of hydrogen-bond acceptors (Lipinski definition) is 2. The molecule has 0 amide bonds. The molecule has 0 radical (unpaired) electrons. The van der Waals surface area contributed by atoms with Crippen LogP contribution in [0.3, 0.4) is 0 Å². The zero-order chi connectivity index (χ0) is 15.5. The number of aryl methyl sites for hydroxylation is 1. The summed E-state index contributed by atoms with van der Waals surface area (Å²) < 4.78 is 18.6. The highest BCUT2D eigenvalue weighted by Crippen LogP contribution is 2.29. The van der Waals surface area contributed by atoms with E-state index in [1.807, 2.05) is 25.1 Å². The van der Waals surface area contributed by atoms with Crippen LogP contribution in [-0.4, -0.2) is 6.04 Å². The van der Waals surface area contributed by atoms with Crippen molar-refractivity contribution in [3.63, 3.8) is 0 Å². The van der Waals surface area contributed by atoms with Crippen molar-refractivity contribution in [2.24, 2.45) is 0 Å². The van der Waals surface area contributed by atoms with Crippen LogP contribution in [0.25, 0.3) is 0 Å². The predicted molar refractivity (Wildman–Crippen MR) is 83.8 cm³/mol. The van der Waals surface area contributed by atoms with Gasteiger partial charge in [-0.15, -0.1) is 0 Å². The van der Waals surface area contributed by atoms with Crippen molar-refractivity contribution in [3.8, 4) is 0 Å². The third kappa shape index (κ3) is 4.43. The molecule has 2 rings (SSSR count). The van der Waals surface area contributed by atoms with Crippen LogP contribution in [0.15, 0.2) is 40.8 Å². The largest absolute Gasteiger partial charge is 0.466 e. The number of rotatable bonds is 6. The minimum atomic E-state index is -0.193. The maximum Gasteiger partial charge on any atom is 0.123 e. The van der Waals surface area contributed by atoms with Gasteiger partial charge in [0.05, 0.1) is 0 Å². The SMILES string of the molecule is Cc1ccc(C(C)(C)C[C@H](C)NCc2ccc(F)cc2)o1. The summed E-state index contributed by atoms with van der Waals surface area (Å²) in [6, 6.07) is 11.0. The fourth-order valence-electron chi connectivity index (χ4n) is 2.63. The molecule has 3 heteroatoms. The van der Waals surface area contributed by atoms with Crippen LogP contribution in [0.2, 0.25) is 0 Å². The number of halogens is 1. The van der Waals surface area contributed by atoms with E-state index >= 15 is 0 Å². The molecule has 2 nitrogen and oxygen atoms in total. The van der Waals surface area contributed by atoms with Gasteiger partial charge in [0.1, 0.15) is 17.3 Å². The lowest BCUT2D eigenvalue weighted by Gasteiger charge is -2.26. The molecule has 1 atom stereocenters. The van der Waals surface area contributed by atoms with E-state index in [-0.39, 0.29) is 11.2 Å². The normalized spacial score (nSPS) is 13.4. The third-order valence-corrected chi connectivity index (χ3v) is 3.79. The van der Waals surface area contributed by atoms with Crippen molar-refractivity contribution < 1.29 is 8.81 Å². The maximum atomic E-state index is 12.9. The van der Waals surface area contributed by atoms with E-state index in [2.05, 4.69) is 32.2 Å². The molecule has 1 N–H and O–H groups in total. The molecule has 0 aliphatic heterocycles. The van der Waals surface area contributed by atoms with E-state index in [0.717, 1.165) is 30.0 Å². The predicted octanol–water partition coefficient (Wildman–Crippen LogP) is 4.57. The number of furan rings is 1. The van der Waals surface area contributed by atoms with E-state index < -0.39 is 0 Å². The standard InChI is InChI=1S/C18H24FNO/c1-13(20-12-15-6-8-16(19)9-7-15)11-18(3,4)17-10-5-14(2)21-17/h5-10,13,20H,11-12H2,1-4H3/t13-/m0/s1. The zero-order valence-corrected chi connectivity index (χ0v) is 13.2. The molecular formula is C18H24FNO. The Morgan fingerprint density at radius 1 is 1.14 bits per heavy atom. The van der Waals surface area contributed by atoms with Crippen molar-refractivity contribution in [1.82, 2.24) is 5.32 Å². The monoisotopic (exact) mass is 289 g/mol. The van der Waals surface area contributed by atoms with Crippen LogP contribution in [0, 0.1) is 12.7 Å². The van der Waals surface area contributed by atoms with Gasteiger partial charge in [-0.25, -0.2) is 4.39 Å². The smallest absolute Gasteiger partial charge is 0.123 e. The Balaban J connectivity index is 1.89. The zero-order valence-electron chi connectivity index (χ0n) is 13.2. The molecule has 0 bridgehead atoms. The lowest BCUT2D eigenvalue weighted by molar-refractivity contribution is 0.319. The van der Waals surface area contributed by atoms with Crippen molar-refractivity contribution >= 4 is 0 Å². The Morgan fingerprint density at radius 2 is 1.81 bits per heavy atom. The van der Waals surface area contributed by atoms with Gasteiger partial charge in [0, 0.05) is 18.0 Å². The van der Waals surface area contributed by atoms with Crippen LogP contribution >= 0.6 is 0 Å². The Labute approximate surface area is 126 Å². The molecule has 0 saturated heterocycles. The van der Waals surface area contributed by atoms with Crippen LogP contribution < -0.4 is 5.32 Å². The van der Waals surface area contributed by atoms with Crippen LogP contribution in [0.1, 0.15) is 44.3 Å². The molecule has 1 aromatic carbocycles. The first-order valence-corrected chi connectivity index (χ1v) is 7.41. The summed E-state index contributed by atoms with van der Waals surface area (Å²) in [6.45, 7) is 9.27. The molecule has 0 unspecified atom stereocenters. The summed E-state index contributed by atoms with van der Waals surface area (Å²) in [5.41, 5.74) is 1.08. The summed E-state index contributed by atoms with van der Waals surface area (Å²) in [6.07, 6.45) is 0.973. The molecule has 1 aromatic heterocycles. The molecule has 0 aliphatic carbocycles. The molecule has 114 valence electrons. The summed E-state index contributed by atoms with van der Waals surface area (Å²) in [5.74, 6) is 1.78. The molecule has 0 fully saturated rings. The van der Waals surface area contributed by atoms with Gasteiger partial charge in [0.15, 0.2) is 0 Å². The third-order valence-electron chi connectivity index (χ3n) is 3.79. The van der Waals surface area contributed by atoms with Gasteiger partial charge in [0.25, 0.3) is 0 Å². The molecule has 2 aromatic rings. The average Bonchev–Trinajstić information content (AvgIpc) is 2.85. The van der Waals surface area contributed by atoms with E-state index in [1.165, 1.54) is 12.1 Å². The minimum absolute atomic E-state index is 0.0104. The first kappa shape index (κ1) is 15.8. The molecule has 0 saturated carbocycles. The van der Waals surface area contributed by atoms with Crippen LogP contribution in [0.4, 0.5) is 4.39 Å². The minimum Gasteiger partial charge on any atom is -0.466 e. The number of nitrogens with one attached hydrogen (secondary N) is 1. The van der Waals surface area contributed by atoms with Crippen molar-refractivity contribution in [2.75, 3.05) is 0 Å². The van der Waals surface area contributed by atoms with Crippen molar-refractivity contribution in [2.45, 2.75) is 52.1 Å². The first-order valence-electron chi connectivity index (χ1n) is 7.41. The van der Waals surface area contributed by atoms with E-state index in [9.17, 15) is 4.39 Å². The lowest BCUT2D eigenvalue weighted by Crippen LogP contribution is -2.32. The van der Waals surface area contributed by atoms with Gasteiger partial charge in [-0.3, -0.25) is 0 Å². The van der Waals surface area contributed by atoms with Crippen LogP contribution in [-0.2, 0) is 12.0 Å². The Morgan fingerprint density at radius 3 is 2.38 bits per heavy atom. The molecule has 0 aliphatic rings. The Bertz CT molecular complexity index is 571. The fraction of sp³-hybridized carbons (Fsp3) is 0.444. The number of benzene rings is 1. The summed E-state index contributed by atoms with van der Waals surface area (Å²) >= 11 is 0. The highest BCUT2D eigenvalue weighted by atomic mass is 19.1. The summed E-state index contributed by atoms with van der Waals surface area (Å²) in [4.78, 5) is 0. The molecular weight excluding hydrogens is 265 g/mol. The molecule has 1 heterocycles. The second-order valence-corrected chi connectivity index (χ2v) is 6.41. The van der Waals surface area contributed by atoms with Gasteiger partial charge in [-0.1, -0.05) is 26.0 Å². The second-order valence-electron chi connectivity index (χ2n) is 6.41. The van der Waals surface area contributed by atoms with Crippen molar-refractivity contribution in [3.05, 3.63) is 59.3 Å². The topological polar surface area (TPSA) is 25.2 Å². The van der Waals surface area contributed by atoms with Gasteiger partial charge in [-0.05, 0) is 50.1 Å².